The summed E-state index contributed by atoms with van der Waals surface area (Å²) in [5.74, 6) is 0.726. The molecule has 0 aliphatic carbocycles. The van der Waals surface area contributed by atoms with Gasteiger partial charge >= 0.3 is 0 Å². The summed E-state index contributed by atoms with van der Waals surface area (Å²) in [6.45, 7) is 2.94. The van der Waals surface area contributed by atoms with Gasteiger partial charge in [-0.2, -0.15) is 5.10 Å². The number of aliphatic imine (C=N–C) groups is 1. The van der Waals surface area contributed by atoms with Crippen molar-refractivity contribution in [2.45, 2.75) is 25.9 Å². The highest BCUT2D eigenvalue weighted by Gasteiger charge is 2.29. The van der Waals surface area contributed by atoms with Crippen molar-refractivity contribution in [1.82, 2.24) is 9.55 Å². The second-order valence-electron chi connectivity index (χ2n) is 8.88. The molecule has 1 aromatic heterocycles. The van der Waals surface area contributed by atoms with Crippen LogP contribution in [0.2, 0.25) is 0 Å². The molecule has 0 saturated carbocycles. The number of hydrogen-bond acceptors (Lipinski definition) is 4. The lowest BCUT2D eigenvalue weighted by atomic mass is 9.98. The number of aromatic nitrogens is 2. The highest BCUT2D eigenvalue weighted by atomic mass is 15.5. The van der Waals surface area contributed by atoms with Crippen LogP contribution in [-0.2, 0) is 6.54 Å². The van der Waals surface area contributed by atoms with Gasteiger partial charge in [-0.1, -0.05) is 84.9 Å². The van der Waals surface area contributed by atoms with E-state index in [1.165, 1.54) is 11.1 Å². The predicted octanol–water partition coefficient (Wildman–Crippen LogP) is 7.16. The van der Waals surface area contributed by atoms with Crippen LogP contribution in [0.3, 0.4) is 0 Å². The van der Waals surface area contributed by atoms with E-state index in [4.69, 9.17) is 15.1 Å². The fourth-order valence-corrected chi connectivity index (χ4v) is 4.81. The molecule has 1 aliphatic heterocycles. The Labute approximate surface area is 211 Å². The molecule has 0 bridgehead atoms. The Bertz CT molecular complexity index is 1530. The molecule has 0 radical (unpaired) electrons. The van der Waals surface area contributed by atoms with Gasteiger partial charge in [0.25, 0.3) is 0 Å². The van der Waals surface area contributed by atoms with Crippen LogP contribution in [-0.4, -0.2) is 21.5 Å². The largest absolute Gasteiger partial charge is 0.309 e. The zero-order valence-corrected chi connectivity index (χ0v) is 20.2. The van der Waals surface area contributed by atoms with Crippen molar-refractivity contribution in [3.05, 3.63) is 126 Å². The van der Waals surface area contributed by atoms with Crippen LogP contribution < -0.4 is 5.01 Å². The molecular formula is C31H27N5. The summed E-state index contributed by atoms with van der Waals surface area (Å²) in [4.78, 5) is 9.41. The first kappa shape index (κ1) is 22.0. The summed E-state index contributed by atoms with van der Waals surface area (Å²) in [5.41, 5.74) is 7.70. The second-order valence-corrected chi connectivity index (χ2v) is 8.88. The summed E-state index contributed by atoms with van der Waals surface area (Å²) in [6, 6.07) is 37.8. The van der Waals surface area contributed by atoms with E-state index in [2.05, 4.69) is 101 Å². The third kappa shape index (κ3) is 4.20. The molecule has 1 aliphatic rings. The van der Waals surface area contributed by atoms with Crippen LogP contribution in [0.1, 0.15) is 36.1 Å². The molecule has 0 amide bonds. The van der Waals surface area contributed by atoms with Gasteiger partial charge in [0.05, 0.1) is 28.5 Å². The minimum Gasteiger partial charge on any atom is -0.309 e. The second kappa shape index (κ2) is 9.62. The molecule has 0 fully saturated rings. The third-order valence-corrected chi connectivity index (χ3v) is 6.64. The van der Waals surface area contributed by atoms with Gasteiger partial charge in [0.15, 0.2) is 0 Å². The molecule has 5 heteroatoms. The molecule has 4 aromatic carbocycles. The number of nitrogens with zero attached hydrogens (tertiary/aromatic N) is 5. The Hall–Kier alpha value is -4.51. The number of rotatable bonds is 6. The van der Waals surface area contributed by atoms with Crippen LogP contribution in [0.4, 0.5) is 11.6 Å². The van der Waals surface area contributed by atoms with Crippen LogP contribution in [0.25, 0.3) is 11.0 Å². The summed E-state index contributed by atoms with van der Waals surface area (Å²) >= 11 is 0. The van der Waals surface area contributed by atoms with Crippen molar-refractivity contribution >= 4 is 34.6 Å². The van der Waals surface area contributed by atoms with Gasteiger partial charge in [0.1, 0.15) is 0 Å². The number of imidazole rings is 1. The van der Waals surface area contributed by atoms with Gasteiger partial charge in [-0.25, -0.2) is 9.98 Å². The van der Waals surface area contributed by atoms with Crippen LogP contribution in [0.15, 0.2) is 119 Å². The van der Waals surface area contributed by atoms with Crippen LogP contribution in [0.5, 0.6) is 0 Å². The van der Waals surface area contributed by atoms with Crippen LogP contribution >= 0.6 is 0 Å². The summed E-state index contributed by atoms with van der Waals surface area (Å²) in [6.07, 6.45) is 2.75. The SMILES string of the molecule is CCn1c(N=Cc2ccc(N3N=C(c4ccccc4)C[C@H]3c3ccccc3)cc2)nc2ccccc21. The first-order chi connectivity index (χ1) is 17.8. The van der Waals surface area contributed by atoms with E-state index in [0.29, 0.717) is 0 Å². The Balaban J connectivity index is 1.29. The zero-order chi connectivity index (χ0) is 24.3. The maximum absolute atomic E-state index is 5.06. The fraction of sp³-hybridized carbons (Fsp3) is 0.129. The number of aryl methyl sites for hydroxylation is 1. The topological polar surface area (TPSA) is 45.8 Å². The number of anilines is 1. The normalized spacial score (nSPS) is 15.6. The molecule has 0 spiro atoms. The lowest BCUT2D eigenvalue weighted by Gasteiger charge is -2.24. The average Bonchev–Trinajstić information content (AvgIpc) is 3.55. The number of para-hydroxylation sites is 2. The number of benzene rings is 4. The fourth-order valence-electron chi connectivity index (χ4n) is 4.81. The average molecular weight is 470 g/mol. The first-order valence-electron chi connectivity index (χ1n) is 12.4. The van der Waals surface area contributed by atoms with E-state index < -0.39 is 0 Å². The molecule has 1 atom stereocenters. The molecule has 0 saturated heterocycles. The lowest BCUT2D eigenvalue weighted by Crippen LogP contribution is -2.18. The van der Waals surface area contributed by atoms with Crippen molar-refractivity contribution in [2.24, 2.45) is 10.1 Å². The Morgan fingerprint density at radius 3 is 2.28 bits per heavy atom. The Morgan fingerprint density at radius 2 is 1.53 bits per heavy atom. The van der Waals surface area contributed by atoms with Crippen molar-refractivity contribution in [3.63, 3.8) is 0 Å². The minimum atomic E-state index is 0.158. The molecule has 0 N–H and O–H groups in total. The van der Waals surface area contributed by atoms with E-state index in [0.717, 1.165) is 46.9 Å². The molecule has 36 heavy (non-hydrogen) atoms. The standard InChI is InChI=1S/C31H27N5/c1-2-35-29-16-10-9-15-27(29)33-31(35)32-22-23-17-19-26(20-18-23)36-30(25-13-7-4-8-14-25)21-28(34-36)24-11-5-3-6-12-24/h3-20,22,30H,2,21H2,1H3/t30-/m0/s1. The summed E-state index contributed by atoms with van der Waals surface area (Å²) < 4.78 is 2.13. The van der Waals surface area contributed by atoms with Crippen LogP contribution in [0, 0.1) is 0 Å². The van der Waals surface area contributed by atoms with Crippen molar-refractivity contribution in [2.75, 3.05) is 5.01 Å². The van der Waals surface area contributed by atoms with E-state index in [1.54, 1.807) is 0 Å². The number of hydrazone groups is 1. The maximum atomic E-state index is 5.06. The quantitative estimate of drug-likeness (QED) is 0.248. The highest BCUT2D eigenvalue weighted by molar-refractivity contribution is 6.03. The first-order valence-corrected chi connectivity index (χ1v) is 12.4. The molecule has 5 nitrogen and oxygen atoms in total. The molecule has 176 valence electrons. The number of fused-ring (bicyclic) bond motifs is 1. The van der Waals surface area contributed by atoms with Gasteiger partial charge in [-0.05, 0) is 47.9 Å². The van der Waals surface area contributed by atoms with Gasteiger partial charge in [0, 0.05) is 19.2 Å². The minimum absolute atomic E-state index is 0.158. The van der Waals surface area contributed by atoms with Gasteiger partial charge in [0.2, 0.25) is 5.95 Å². The molecule has 2 heterocycles. The molecule has 5 aromatic rings. The van der Waals surface area contributed by atoms with E-state index in [1.807, 2.05) is 30.5 Å². The maximum Gasteiger partial charge on any atom is 0.230 e. The van der Waals surface area contributed by atoms with Crippen molar-refractivity contribution in [3.8, 4) is 0 Å². The van der Waals surface area contributed by atoms with Gasteiger partial charge < -0.3 is 4.57 Å². The summed E-state index contributed by atoms with van der Waals surface area (Å²) in [5, 5.41) is 7.21. The van der Waals surface area contributed by atoms with Crippen molar-refractivity contribution < 1.29 is 0 Å². The molecular weight excluding hydrogens is 442 g/mol. The van der Waals surface area contributed by atoms with Gasteiger partial charge in [-0.15, -0.1) is 0 Å². The van der Waals surface area contributed by atoms with Crippen molar-refractivity contribution in [1.29, 1.82) is 0 Å². The molecule has 0 unspecified atom stereocenters. The smallest absolute Gasteiger partial charge is 0.230 e. The number of hydrogen-bond donors (Lipinski definition) is 0. The van der Waals surface area contributed by atoms with E-state index >= 15 is 0 Å². The molecule has 6 rings (SSSR count). The Morgan fingerprint density at radius 1 is 0.833 bits per heavy atom. The van der Waals surface area contributed by atoms with E-state index in [-0.39, 0.29) is 6.04 Å². The van der Waals surface area contributed by atoms with Gasteiger partial charge in [-0.3, -0.25) is 5.01 Å². The highest BCUT2D eigenvalue weighted by Crippen LogP contribution is 2.36. The zero-order valence-electron chi connectivity index (χ0n) is 20.2. The predicted molar refractivity (Wildman–Crippen MR) is 148 cm³/mol. The summed E-state index contributed by atoms with van der Waals surface area (Å²) in [7, 11) is 0. The monoisotopic (exact) mass is 469 g/mol. The lowest BCUT2D eigenvalue weighted by molar-refractivity contribution is 0.709. The van der Waals surface area contributed by atoms with E-state index in [9.17, 15) is 0 Å². The third-order valence-electron chi connectivity index (χ3n) is 6.64. The Kier molecular flexibility index (Phi) is 5.88.